The molecule has 0 aromatic carbocycles. The Kier molecular flexibility index (Phi) is 6.99. The van der Waals surface area contributed by atoms with E-state index >= 15 is 0 Å². The van der Waals surface area contributed by atoms with Crippen molar-refractivity contribution in [3.63, 3.8) is 0 Å². The van der Waals surface area contributed by atoms with E-state index in [4.69, 9.17) is 11.5 Å². The number of hydrogen-bond acceptors (Lipinski definition) is 3. The van der Waals surface area contributed by atoms with Crippen LogP contribution in [-0.2, 0) is 9.59 Å². The number of carbonyl (C=O) groups excluding carboxylic acids is 1. The molecule has 0 bridgehead atoms. The van der Waals surface area contributed by atoms with Crippen molar-refractivity contribution in [3.05, 3.63) is 0 Å². The summed E-state index contributed by atoms with van der Waals surface area (Å²) in [4.78, 5) is 25.8. The van der Waals surface area contributed by atoms with E-state index in [0.29, 0.717) is 13.1 Å². The molecule has 1 N–H and O–H groups in total. The topological polar surface area (TPSA) is 60.9 Å². The summed E-state index contributed by atoms with van der Waals surface area (Å²) < 4.78 is 0. The summed E-state index contributed by atoms with van der Waals surface area (Å²) in [6.07, 6.45) is 5.17. The van der Waals surface area contributed by atoms with E-state index in [-0.39, 0.29) is 19.0 Å². The van der Waals surface area contributed by atoms with Gasteiger partial charge in [-0.25, -0.2) is 0 Å². The van der Waals surface area contributed by atoms with E-state index in [1.165, 1.54) is 4.90 Å². The molecule has 0 saturated carbocycles. The molecule has 17 heavy (non-hydrogen) atoms. The van der Waals surface area contributed by atoms with Crippen LogP contribution >= 0.6 is 0 Å². The van der Waals surface area contributed by atoms with E-state index < -0.39 is 12.0 Å². The number of terminal acetylenes is 1. The minimum Gasteiger partial charge on any atom is -0.480 e. The quantitative estimate of drug-likeness (QED) is 0.649. The second-order valence-electron chi connectivity index (χ2n) is 3.69. The van der Waals surface area contributed by atoms with Crippen LogP contribution in [0.4, 0.5) is 0 Å². The highest BCUT2D eigenvalue weighted by Crippen LogP contribution is 2.04. The van der Waals surface area contributed by atoms with E-state index in [1.807, 2.05) is 13.8 Å². The highest BCUT2D eigenvalue weighted by atomic mass is 16.4. The molecule has 1 atom stereocenters. The third-order valence-electron chi connectivity index (χ3n) is 2.61. The Morgan fingerprint density at radius 2 is 1.88 bits per heavy atom. The van der Waals surface area contributed by atoms with Gasteiger partial charge in [0.25, 0.3) is 0 Å². The second-order valence-corrected chi connectivity index (χ2v) is 3.69. The summed E-state index contributed by atoms with van der Waals surface area (Å²) in [5, 5.41) is 8.76. The second kappa shape index (κ2) is 7.69. The summed E-state index contributed by atoms with van der Waals surface area (Å²) >= 11 is 0. The molecule has 5 nitrogen and oxygen atoms in total. The molecule has 0 heterocycles. The summed E-state index contributed by atoms with van der Waals surface area (Å²) in [5.41, 5.74) is 0. The van der Waals surface area contributed by atoms with Crippen LogP contribution in [0.15, 0.2) is 0 Å². The number of carboxylic acid groups (broad SMARTS) is 1. The van der Waals surface area contributed by atoms with Crippen molar-refractivity contribution in [3.8, 4) is 12.3 Å². The summed E-state index contributed by atoms with van der Waals surface area (Å²) in [7, 11) is 0. The molecule has 0 aromatic heterocycles. The largest absolute Gasteiger partial charge is 0.480 e. The number of hydrogen-bond donors (Lipinski definition) is 1. The fourth-order valence-electron chi connectivity index (χ4n) is 1.58. The van der Waals surface area contributed by atoms with Crippen LogP contribution < -0.4 is 0 Å². The molecule has 0 spiro atoms. The van der Waals surface area contributed by atoms with Gasteiger partial charge in [-0.05, 0) is 20.8 Å². The molecule has 96 valence electrons. The lowest BCUT2D eigenvalue weighted by atomic mass is 10.2. The Balaban J connectivity index is 4.70. The Bertz CT molecular complexity index is 305. The number of likely N-dealkylation sites (N-methyl/N-ethyl adjacent to an activating group) is 1. The van der Waals surface area contributed by atoms with Gasteiger partial charge in [0, 0.05) is 13.1 Å². The smallest absolute Gasteiger partial charge is 0.317 e. The first-order chi connectivity index (χ1) is 7.97. The zero-order valence-electron chi connectivity index (χ0n) is 10.6. The highest BCUT2D eigenvalue weighted by Gasteiger charge is 2.25. The van der Waals surface area contributed by atoms with Crippen molar-refractivity contribution in [2.24, 2.45) is 0 Å². The fraction of sp³-hybridized carbons (Fsp3) is 0.667. The molecule has 0 aliphatic rings. The first-order valence-corrected chi connectivity index (χ1v) is 5.65. The third kappa shape index (κ3) is 4.87. The molecule has 0 aromatic rings. The molecule has 1 unspecified atom stereocenters. The molecule has 0 fully saturated rings. The maximum Gasteiger partial charge on any atom is 0.317 e. The highest BCUT2D eigenvalue weighted by molar-refractivity contribution is 5.82. The van der Waals surface area contributed by atoms with Gasteiger partial charge in [-0.2, -0.15) is 0 Å². The van der Waals surface area contributed by atoms with Gasteiger partial charge in [0.15, 0.2) is 0 Å². The lowest BCUT2D eigenvalue weighted by molar-refractivity contribution is -0.141. The molecule has 0 aliphatic heterocycles. The van der Waals surface area contributed by atoms with Gasteiger partial charge in [0.05, 0.1) is 19.1 Å². The van der Waals surface area contributed by atoms with Crippen LogP contribution in [0, 0.1) is 12.3 Å². The van der Waals surface area contributed by atoms with Crippen molar-refractivity contribution in [2.45, 2.75) is 26.8 Å². The zero-order chi connectivity index (χ0) is 13.4. The number of carboxylic acids is 1. The molecular weight excluding hydrogens is 220 g/mol. The molecule has 1 amide bonds. The van der Waals surface area contributed by atoms with E-state index in [0.717, 1.165) is 0 Å². The maximum absolute atomic E-state index is 12.0. The van der Waals surface area contributed by atoms with Crippen LogP contribution in [0.2, 0.25) is 0 Å². The van der Waals surface area contributed by atoms with Gasteiger partial charge in [-0.1, -0.05) is 5.92 Å². The van der Waals surface area contributed by atoms with Gasteiger partial charge in [-0.15, -0.1) is 6.42 Å². The monoisotopic (exact) mass is 240 g/mol. The number of nitrogens with zero attached hydrogens (tertiary/aromatic N) is 2. The van der Waals surface area contributed by atoms with Crippen molar-refractivity contribution in [1.82, 2.24) is 9.80 Å². The van der Waals surface area contributed by atoms with Crippen LogP contribution in [0.1, 0.15) is 20.8 Å². The molecule has 0 saturated heterocycles. The van der Waals surface area contributed by atoms with Crippen LogP contribution in [0.3, 0.4) is 0 Å². The molecule has 0 radical (unpaired) electrons. The van der Waals surface area contributed by atoms with Crippen LogP contribution in [0.5, 0.6) is 0 Å². The number of carbonyl (C=O) groups is 2. The van der Waals surface area contributed by atoms with Gasteiger partial charge in [0.1, 0.15) is 0 Å². The molecule has 0 aliphatic carbocycles. The lowest BCUT2D eigenvalue weighted by Gasteiger charge is -2.29. The Morgan fingerprint density at radius 3 is 2.24 bits per heavy atom. The molecule has 0 rings (SSSR count). The van der Waals surface area contributed by atoms with Gasteiger partial charge in [0.2, 0.25) is 5.91 Å². The first kappa shape index (κ1) is 15.5. The van der Waals surface area contributed by atoms with Crippen molar-refractivity contribution < 1.29 is 14.7 Å². The number of aliphatic carboxylic acids is 1. The van der Waals surface area contributed by atoms with Gasteiger partial charge < -0.3 is 10.0 Å². The molecule has 5 heteroatoms. The average molecular weight is 240 g/mol. The Hall–Kier alpha value is -1.54. The van der Waals surface area contributed by atoms with E-state index in [1.54, 1.807) is 11.8 Å². The summed E-state index contributed by atoms with van der Waals surface area (Å²) in [6.45, 7) is 6.60. The van der Waals surface area contributed by atoms with Crippen molar-refractivity contribution in [1.29, 1.82) is 0 Å². The average Bonchev–Trinajstić information content (AvgIpc) is 2.28. The Labute approximate surface area is 102 Å². The normalized spacial score (nSPS) is 11.9. The van der Waals surface area contributed by atoms with Crippen LogP contribution in [-0.4, -0.2) is 59.0 Å². The number of rotatable bonds is 7. The maximum atomic E-state index is 12.0. The predicted octanol–water partition coefficient (Wildman–Crippen LogP) is 0.263. The predicted molar refractivity (Wildman–Crippen MR) is 65.4 cm³/mol. The van der Waals surface area contributed by atoms with Crippen LogP contribution in [0.25, 0.3) is 0 Å². The van der Waals surface area contributed by atoms with Crippen molar-refractivity contribution >= 4 is 11.9 Å². The van der Waals surface area contributed by atoms with Gasteiger partial charge in [-0.3, -0.25) is 14.5 Å². The standard InChI is InChI=1S/C12H20N2O3/c1-5-8-14(9-11(15)16)10(4)12(17)13(6-2)7-3/h1,10H,6-9H2,2-4H3,(H,15,16). The van der Waals surface area contributed by atoms with E-state index in [9.17, 15) is 9.59 Å². The number of amides is 1. The zero-order valence-corrected chi connectivity index (χ0v) is 10.6. The minimum atomic E-state index is -0.987. The fourth-order valence-corrected chi connectivity index (χ4v) is 1.58. The lowest BCUT2D eigenvalue weighted by Crippen LogP contribution is -2.48. The molecular formula is C12H20N2O3. The van der Waals surface area contributed by atoms with Crippen molar-refractivity contribution in [2.75, 3.05) is 26.2 Å². The summed E-state index contributed by atoms with van der Waals surface area (Å²) in [6, 6.07) is -0.512. The van der Waals surface area contributed by atoms with Gasteiger partial charge >= 0.3 is 5.97 Å². The summed E-state index contributed by atoms with van der Waals surface area (Å²) in [5.74, 6) is 1.30. The minimum absolute atomic E-state index is 0.0912. The SMILES string of the molecule is C#CCN(CC(=O)O)C(C)C(=O)N(CC)CC. The van der Waals surface area contributed by atoms with E-state index in [2.05, 4.69) is 5.92 Å². The Morgan fingerprint density at radius 1 is 1.35 bits per heavy atom. The first-order valence-electron chi connectivity index (χ1n) is 5.65. The third-order valence-corrected chi connectivity index (χ3v) is 2.61.